The monoisotopic (exact) mass is 1700 g/mol. The molecule has 0 aliphatic heterocycles. The highest BCUT2D eigenvalue weighted by molar-refractivity contribution is 7.47. The number of carbonyl (C=O) groups is 3. The second-order valence-electron chi connectivity index (χ2n) is 30.3. The molecule has 0 spiro atoms. The number of esters is 3. The standard InChI is InChI=1S/C101H166O16P2/c1-4-7-10-13-16-19-22-25-28-31-34-37-39-41-43-44-45-46-47-48-49-50-52-54-55-58-60-63-66-69-72-75-78-81-84-87-99(104)111-90-96(102)91-113-118(107,108)114-92-97(103)93-115-119(109,110)116-95-98(117-101(106)89-86-83-80-77-74-71-68-65-62-57-36-33-30-27-24-21-18-15-12-9-6-3)94-112-100(105)88-85-82-79-76-73-70-67-64-61-59-56-53-51-42-40-38-35-32-29-26-23-20-17-14-11-8-5-2/h7-12,16-21,25-30,34-38,41-43,45-46,51,56-57,59,65,68,96-98,102-103H,4-6,13-15,22-24,31-33,39-40,44,47-50,52-55,58,60-64,66-67,69-95H2,1-3H3,(H,107,108)(H,109,110)/b10-7-,11-8-,12-9-,19-16-,20-17-,21-18-,28-25-,29-26-,30-27-,37-34-,38-35-,43-41-,46-45-,51-42-,57-36-,59-56-,68-65-. The van der Waals surface area contributed by atoms with Gasteiger partial charge in [-0.05, 0) is 167 Å². The molecule has 5 unspecified atom stereocenters. The summed E-state index contributed by atoms with van der Waals surface area (Å²) in [5, 5.41) is 20.7. The number of hydrogen-bond donors (Lipinski definition) is 4. The lowest BCUT2D eigenvalue weighted by Crippen LogP contribution is -2.30. The van der Waals surface area contributed by atoms with Crippen LogP contribution in [0.3, 0.4) is 0 Å². The van der Waals surface area contributed by atoms with Crippen molar-refractivity contribution in [2.24, 2.45) is 0 Å². The first-order valence-corrected chi connectivity index (χ1v) is 49.4. The molecule has 0 saturated carbocycles. The van der Waals surface area contributed by atoms with Gasteiger partial charge in [-0.3, -0.25) is 32.5 Å². The summed E-state index contributed by atoms with van der Waals surface area (Å²) in [6, 6.07) is 0. The van der Waals surface area contributed by atoms with Crippen LogP contribution in [-0.2, 0) is 55.8 Å². The minimum absolute atomic E-state index is 0.0733. The number of aliphatic hydroxyl groups is 2. The number of ether oxygens (including phenoxy) is 3. The third kappa shape index (κ3) is 92.7. The molecule has 676 valence electrons. The van der Waals surface area contributed by atoms with E-state index in [1.807, 2.05) is 0 Å². The summed E-state index contributed by atoms with van der Waals surface area (Å²) in [5.41, 5.74) is 0. The van der Waals surface area contributed by atoms with E-state index >= 15 is 0 Å². The summed E-state index contributed by atoms with van der Waals surface area (Å²) >= 11 is 0. The summed E-state index contributed by atoms with van der Waals surface area (Å²) in [4.78, 5) is 59.0. The van der Waals surface area contributed by atoms with Gasteiger partial charge in [-0.15, -0.1) is 0 Å². The average Bonchev–Trinajstić information content (AvgIpc) is 0.905. The van der Waals surface area contributed by atoms with E-state index in [0.29, 0.717) is 19.3 Å². The van der Waals surface area contributed by atoms with E-state index in [4.69, 9.17) is 32.3 Å². The lowest BCUT2D eigenvalue weighted by molar-refractivity contribution is -0.161. The number of carbonyl (C=O) groups excluding carboxylic acids is 3. The number of rotatable bonds is 86. The number of phosphoric ester groups is 2. The van der Waals surface area contributed by atoms with Crippen LogP contribution < -0.4 is 0 Å². The van der Waals surface area contributed by atoms with Gasteiger partial charge in [0.2, 0.25) is 0 Å². The molecule has 0 rings (SSSR count). The highest BCUT2D eigenvalue weighted by Crippen LogP contribution is 2.45. The van der Waals surface area contributed by atoms with Crippen molar-refractivity contribution in [1.29, 1.82) is 0 Å². The van der Waals surface area contributed by atoms with Crippen LogP contribution in [0.2, 0.25) is 0 Å². The summed E-state index contributed by atoms with van der Waals surface area (Å²) in [6.07, 6.45) is 123. The maximum Gasteiger partial charge on any atom is 0.472 e. The molecule has 5 atom stereocenters. The van der Waals surface area contributed by atoms with Gasteiger partial charge in [0.1, 0.15) is 25.4 Å². The van der Waals surface area contributed by atoms with Crippen molar-refractivity contribution in [3.63, 3.8) is 0 Å². The first kappa shape index (κ1) is 113. The molecule has 0 aliphatic rings. The third-order valence-corrected chi connectivity index (χ3v) is 20.9. The lowest BCUT2D eigenvalue weighted by atomic mass is 10.0. The smallest absolute Gasteiger partial charge is 0.463 e. The molecule has 0 amide bonds. The topological polar surface area (TPSA) is 231 Å². The SMILES string of the molecule is CC/C=C\C/C=C\C/C=C\C/C=C\C/C=C\C/C=C\CCCCCCCCCCCCCCCCCCC(=O)OCC(O)COP(=O)(O)OCC(O)COP(=O)(O)OCC(COC(=O)CCCCCCCCCC/C=C\C/C=C\C/C=C\C/C=C\C/C=C\C/C=C\CC)OC(=O)CCCCCCC/C=C\C/C=C\C/C=C\C/C=C\C/C=C\CC. The molecule has 0 aromatic heterocycles. The van der Waals surface area contributed by atoms with Crippen molar-refractivity contribution in [3.8, 4) is 0 Å². The van der Waals surface area contributed by atoms with Crippen LogP contribution in [0.25, 0.3) is 0 Å². The third-order valence-electron chi connectivity index (χ3n) is 19.0. The Kier molecular flexibility index (Phi) is 86.8. The number of allylic oxidation sites excluding steroid dienone is 34. The predicted octanol–water partition coefficient (Wildman–Crippen LogP) is 28.8. The van der Waals surface area contributed by atoms with Crippen molar-refractivity contribution in [2.75, 3.05) is 39.6 Å². The minimum Gasteiger partial charge on any atom is -0.463 e. The summed E-state index contributed by atoms with van der Waals surface area (Å²) in [5.74, 6) is -1.61. The normalized spacial score (nSPS) is 14.7. The van der Waals surface area contributed by atoms with Gasteiger partial charge in [-0.25, -0.2) is 9.13 Å². The molecule has 0 heterocycles. The highest BCUT2D eigenvalue weighted by Gasteiger charge is 2.29. The van der Waals surface area contributed by atoms with E-state index in [1.165, 1.54) is 89.9 Å². The van der Waals surface area contributed by atoms with Crippen molar-refractivity contribution in [2.45, 2.75) is 373 Å². The molecule has 0 saturated heterocycles. The van der Waals surface area contributed by atoms with Crippen molar-refractivity contribution < 1.29 is 75.8 Å². The fourth-order valence-corrected chi connectivity index (χ4v) is 13.7. The Hall–Kier alpha value is -5.87. The minimum atomic E-state index is -4.96. The molecule has 0 aliphatic carbocycles. The molecule has 119 heavy (non-hydrogen) atoms. The average molecular weight is 1700 g/mol. The van der Waals surface area contributed by atoms with Gasteiger partial charge in [0.15, 0.2) is 6.10 Å². The lowest BCUT2D eigenvalue weighted by Gasteiger charge is -2.21. The first-order valence-electron chi connectivity index (χ1n) is 46.4. The van der Waals surface area contributed by atoms with Gasteiger partial charge in [0.05, 0.1) is 26.4 Å². The van der Waals surface area contributed by atoms with Crippen molar-refractivity contribution in [3.05, 3.63) is 207 Å². The van der Waals surface area contributed by atoms with E-state index < -0.39 is 91.5 Å². The van der Waals surface area contributed by atoms with Gasteiger partial charge in [0, 0.05) is 19.3 Å². The number of unbranched alkanes of at least 4 members (excludes halogenated alkanes) is 29. The molecule has 0 aromatic rings. The molecule has 0 bridgehead atoms. The van der Waals surface area contributed by atoms with Crippen LogP contribution in [0.15, 0.2) is 207 Å². The molecule has 0 radical (unpaired) electrons. The summed E-state index contributed by atoms with van der Waals surface area (Å²) in [6.45, 7) is 2.33. The van der Waals surface area contributed by atoms with Crippen LogP contribution in [0.4, 0.5) is 0 Å². The van der Waals surface area contributed by atoms with Crippen LogP contribution in [-0.4, -0.2) is 95.9 Å². The maximum atomic E-state index is 13.1. The molecule has 0 fully saturated rings. The van der Waals surface area contributed by atoms with Gasteiger partial charge < -0.3 is 34.2 Å². The zero-order valence-electron chi connectivity index (χ0n) is 74.5. The van der Waals surface area contributed by atoms with Gasteiger partial charge in [0.25, 0.3) is 0 Å². The Balaban J connectivity index is 4.58. The van der Waals surface area contributed by atoms with Crippen LogP contribution >= 0.6 is 15.6 Å². The zero-order chi connectivity index (χ0) is 86.5. The molecule has 4 N–H and O–H groups in total. The van der Waals surface area contributed by atoms with Crippen LogP contribution in [0.5, 0.6) is 0 Å². The van der Waals surface area contributed by atoms with Crippen LogP contribution in [0.1, 0.15) is 355 Å². The summed E-state index contributed by atoms with van der Waals surface area (Å²) in [7, 11) is -9.83. The molecular formula is C101H166O16P2. The Morgan fingerprint density at radius 3 is 0.664 bits per heavy atom. The Morgan fingerprint density at radius 1 is 0.235 bits per heavy atom. The quantitative estimate of drug-likeness (QED) is 0.0146. The molecule has 18 heteroatoms. The number of hydrogen-bond acceptors (Lipinski definition) is 14. The molecule has 0 aromatic carbocycles. The van der Waals surface area contributed by atoms with E-state index in [9.17, 15) is 43.5 Å². The Morgan fingerprint density at radius 2 is 0.420 bits per heavy atom. The predicted molar refractivity (Wildman–Crippen MR) is 500 cm³/mol. The second-order valence-corrected chi connectivity index (χ2v) is 33.2. The fraction of sp³-hybridized carbons (Fsp3) is 0.634. The molecular weight excluding hydrogens is 1530 g/mol. The van der Waals surface area contributed by atoms with E-state index in [1.54, 1.807) is 0 Å². The fourth-order valence-electron chi connectivity index (χ4n) is 12.1. The van der Waals surface area contributed by atoms with E-state index in [0.717, 1.165) is 205 Å². The second kappa shape index (κ2) is 91.3. The van der Waals surface area contributed by atoms with E-state index in [2.05, 4.69) is 227 Å². The zero-order valence-corrected chi connectivity index (χ0v) is 76.2. The first-order chi connectivity index (χ1) is 58.2. The van der Waals surface area contributed by atoms with Crippen LogP contribution in [0, 0.1) is 0 Å². The van der Waals surface area contributed by atoms with E-state index in [-0.39, 0.29) is 19.3 Å². The number of aliphatic hydroxyl groups excluding tert-OH is 2. The highest BCUT2D eigenvalue weighted by atomic mass is 31.2. The largest absolute Gasteiger partial charge is 0.472 e. The Labute approximate surface area is 724 Å². The van der Waals surface area contributed by atoms with Gasteiger partial charge in [-0.1, -0.05) is 375 Å². The van der Waals surface area contributed by atoms with Crippen molar-refractivity contribution in [1.82, 2.24) is 0 Å². The Bertz CT molecular complexity index is 2990. The number of phosphoric acid groups is 2. The maximum absolute atomic E-state index is 13.1. The van der Waals surface area contributed by atoms with Gasteiger partial charge >= 0.3 is 33.6 Å². The van der Waals surface area contributed by atoms with Gasteiger partial charge in [-0.2, -0.15) is 0 Å². The summed E-state index contributed by atoms with van der Waals surface area (Å²) < 4.78 is 61.5. The van der Waals surface area contributed by atoms with Crippen molar-refractivity contribution >= 4 is 33.6 Å². The molecule has 16 nitrogen and oxygen atoms in total.